The van der Waals surface area contributed by atoms with Crippen molar-refractivity contribution >= 4 is 32.5 Å². The Morgan fingerprint density at radius 1 is 1.14 bits per heavy atom. The summed E-state index contributed by atoms with van der Waals surface area (Å²) in [6.45, 7) is 4.23. The monoisotopic (exact) mass is 416 g/mol. The van der Waals surface area contributed by atoms with Crippen LogP contribution in [0, 0.1) is 13.8 Å². The van der Waals surface area contributed by atoms with Crippen LogP contribution in [0.25, 0.3) is 0 Å². The molecule has 0 spiro atoms. The minimum Gasteiger partial charge on any atom is -0.495 e. The van der Waals surface area contributed by atoms with Crippen LogP contribution >= 0.6 is 11.8 Å². The van der Waals surface area contributed by atoms with Crippen LogP contribution in [0.15, 0.2) is 47.5 Å². The summed E-state index contributed by atoms with van der Waals surface area (Å²) in [5, 5.41) is 0.868. The van der Waals surface area contributed by atoms with Crippen molar-refractivity contribution in [2.45, 2.75) is 31.7 Å². The fraction of sp³-hybridized carbons (Fsp3) is 0.381. The highest BCUT2D eigenvalue weighted by Crippen LogP contribution is 2.39. The van der Waals surface area contributed by atoms with E-state index < -0.39 is 9.84 Å². The van der Waals surface area contributed by atoms with E-state index in [1.807, 2.05) is 24.3 Å². The molecule has 0 unspecified atom stereocenters. The van der Waals surface area contributed by atoms with E-state index >= 15 is 0 Å². The van der Waals surface area contributed by atoms with Crippen molar-refractivity contribution in [1.29, 1.82) is 0 Å². The highest BCUT2D eigenvalue weighted by Gasteiger charge is 2.47. The predicted molar refractivity (Wildman–Crippen MR) is 116 cm³/mol. The summed E-state index contributed by atoms with van der Waals surface area (Å²) in [5.74, 6) is 1.77. The van der Waals surface area contributed by atoms with Gasteiger partial charge >= 0.3 is 0 Å². The number of aryl methyl sites for hydroxylation is 2. The van der Waals surface area contributed by atoms with Crippen molar-refractivity contribution in [3.63, 3.8) is 0 Å². The average Bonchev–Trinajstić information content (AvgIpc) is 3.13. The Balaban J connectivity index is 1.64. The van der Waals surface area contributed by atoms with Crippen molar-refractivity contribution in [3.8, 4) is 5.75 Å². The molecule has 1 fully saturated rings. The van der Waals surface area contributed by atoms with Gasteiger partial charge in [0.2, 0.25) is 0 Å². The molecule has 7 heteroatoms. The summed E-state index contributed by atoms with van der Waals surface area (Å²) in [6.07, 6.45) is 0. The Hall–Kier alpha value is -1.99. The number of rotatable bonds is 4. The first-order valence-electron chi connectivity index (χ1n) is 9.27. The zero-order chi connectivity index (χ0) is 19.9. The van der Waals surface area contributed by atoms with Gasteiger partial charge in [-0.3, -0.25) is 4.99 Å². The quantitative estimate of drug-likeness (QED) is 0.762. The normalized spacial score (nSPS) is 22.8. The van der Waals surface area contributed by atoms with Gasteiger partial charge in [-0.25, -0.2) is 8.42 Å². The zero-order valence-corrected chi connectivity index (χ0v) is 17.9. The first-order chi connectivity index (χ1) is 13.4. The molecule has 0 radical (unpaired) electrons. The minimum atomic E-state index is -3.07. The standard InChI is InChI=1S/C21H24N2O3S2/c1-14-8-9-16(10-15(14)2)11-27-21-22-17-12-28(24,25)13-19(17)23(21)18-6-4-5-7-20(18)26-3/h4-10,17,19H,11-13H2,1-3H3/t17-,19+/m1/s1. The summed E-state index contributed by atoms with van der Waals surface area (Å²) in [6, 6.07) is 13.8. The average molecular weight is 417 g/mol. The molecule has 0 amide bonds. The second kappa shape index (κ2) is 7.44. The van der Waals surface area contributed by atoms with Gasteiger partial charge in [-0.15, -0.1) is 0 Å². The summed E-state index contributed by atoms with van der Waals surface area (Å²) >= 11 is 1.66. The molecule has 0 N–H and O–H groups in total. The van der Waals surface area contributed by atoms with Gasteiger partial charge in [-0.05, 0) is 42.7 Å². The molecule has 0 aromatic heterocycles. The maximum absolute atomic E-state index is 12.2. The molecule has 2 aliphatic rings. The number of ether oxygens (including phenoxy) is 1. The van der Waals surface area contributed by atoms with E-state index in [4.69, 9.17) is 9.73 Å². The van der Waals surface area contributed by atoms with Crippen molar-refractivity contribution in [2.75, 3.05) is 23.5 Å². The van der Waals surface area contributed by atoms with Crippen LogP contribution in [0.1, 0.15) is 16.7 Å². The lowest BCUT2D eigenvalue weighted by atomic mass is 10.1. The number of amidine groups is 1. The van der Waals surface area contributed by atoms with Crippen molar-refractivity contribution in [1.82, 2.24) is 0 Å². The van der Waals surface area contributed by atoms with E-state index in [-0.39, 0.29) is 23.6 Å². The van der Waals surface area contributed by atoms with Gasteiger partial charge in [0, 0.05) is 5.75 Å². The van der Waals surface area contributed by atoms with E-state index in [1.165, 1.54) is 16.7 Å². The molecule has 4 rings (SSSR count). The lowest BCUT2D eigenvalue weighted by Crippen LogP contribution is -2.39. The highest BCUT2D eigenvalue weighted by molar-refractivity contribution is 8.13. The van der Waals surface area contributed by atoms with Crippen LogP contribution in [0.4, 0.5) is 5.69 Å². The van der Waals surface area contributed by atoms with Crippen LogP contribution < -0.4 is 9.64 Å². The van der Waals surface area contributed by atoms with E-state index in [0.29, 0.717) is 0 Å². The Labute approximate surface area is 170 Å². The Bertz CT molecular complexity index is 1030. The van der Waals surface area contributed by atoms with Crippen LogP contribution in [0.5, 0.6) is 5.75 Å². The second-order valence-electron chi connectivity index (χ2n) is 7.37. The smallest absolute Gasteiger partial charge is 0.164 e. The maximum Gasteiger partial charge on any atom is 0.164 e. The highest BCUT2D eigenvalue weighted by atomic mass is 32.2. The van der Waals surface area contributed by atoms with E-state index in [0.717, 1.165) is 22.4 Å². The molecule has 0 aliphatic carbocycles. The van der Waals surface area contributed by atoms with Gasteiger partial charge < -0.3 is 9.64 Å². The number of nitrogens with zero attached hydrogens (tertiary/aromatic N) is 2. The van der Waals surface area contributed by atoms with Crippen molar-refractivity contribution < 1.29 is 13.2 Å². The maximum atomic E-state index is 12.2. The Morgan fingerprint density at radius 2 is 1.93 bits per heavy atom. The van der Waals surface area contributed by atoms with Gasteiger partial charge in [-0.2, -0.15) is 0 Å². The third-order valence-corrected chi connectivity index (χ3v) is 8.13. The van der Waals surface area contributed by atoms with Gasteiger partial charge in [0.15, 0.2) is 15.0 Å². The molecule has 0 saturated carbocycles. The van der Waals surface area contributed by atoms with E-state index in [1.54, 1.807) is 18.9 Å². The molecule has 1 saturated heterocycles. The zero-order valence-electron chi connectivity index (χ0n) is 16.3. The van der Waals surface area contributed by atoms with Crippen LogP contribution in [-0.2, 0) is 15.6 Å². The molecular formula is C21H24N2O3S2. The van der Waals surface area contributed by atoms with E-state index in [2.05, 4.69) is 36.9 Å². The molecule has 2 aromatic carbocycles. The number of para-hydroxylation sites is 2. The number of thioether (sulfide) groups is 1. The van der Waals surface area contributed by atoms with Gasteiger partial charge in [0.25, 0.3) is 0 Å². The fourth-order valence-electron chi connectivity index (χ4n) is 3.78. The number of hydrogen-bond acceptors (Lipinski definition) is 6. The van der Waals surface area contributed by atoms with Crippen LogP contribution in [0.2, 0.25) is 0 Å². The number of anilines is 1. The summed E-state index contributed by atoms with van der Waals surface area (Å²) in [5.41, 5.74) is 4.67. The molecule has 2 aromatic rings. The SMILES string of the molecule is COc1ccccc1N1C(SCc2ccc(C)c(C)c2)=N[C@@H]2CS(=O)(=O)C[C@@H]21. The van der Waals surface area contributed by atoms with Crippen LogP contribution in [-0.4, -0.2) is 44.3 Å². The molecule has 2 heterocycles. The fourth-order valence-corrected chi connectivity index (χ4v) is 6.69. The second-order valence-corrected chi connectivity index (χ2v) is 10.5. The Morgan fingerprint density at radius 3 is 2.68 bits per heavy atom. The number of hydrogen-bond donors (Lipinski definition) is 0. The summed E-state index contributed by atoms with van der Waals surface area (Å²) in [4.78, 5) is 6.87. The van der Waals surface area contributed by atoms with Gasteiger partial charge in [0.05, 0.1) is 36.4 Å². The molecule has 5 nitrogen and oxygen atoms in total. The summed E-state index contributed by atoms with van der Waals surface area (Å²) in [7, 11) is -1.43. The first-order valence-corrected chi connectivity index (χ1v) is 12.1. The Kier molecular flexibility index (Phi) is 5.14. The molecule has 148 valence electrons. The predicted octanol–water partition coefficient (Wildman–Crippen LogP) is 3.59. The van der Waals surface area contributed by atoms with Crippen molar-refractivity contribution in [3.05, 3.63) is 59.2 Å². The number of methoxy groups -OCH3 is 1. The molecule has 2 aliphatic heterocycles. The van der Waals surface area contributed by atoms with Crippen LogP contribution in [0.3, 0.4) is 0 Å². The summed E-state index contributed by atoms with van der Waals surface area (Å²) < 4.78 is 29.9. The number of benzene rings is 2. The third-order valence-electron chi connectivity index (χ3n) is 5.39. The first kappa shape index (κ1) is 19.3. The van der Waals surface area contributed by atoms with Crippen molar-refractivity contribution in [2.24, 2.45) is 4.99 Å². The van der Waals surface area contributed by atoms with E-state index in [9.17, 15) is 8.42 Å². The van der Waals surface area contributed by atoms with Gasteiger partial charge in [0.1, 0.15) is 5.75 Å². The molecule has 28 heavy (non-hydrogen) atoms. The molecule has 0 bridgehead atoms. The molecular weight excluding hydrogens is 392 g/mol. The minimum absolute atomic E-state index is 0.122. The number of sulfone groups is 1. The number of aliphatic imine (C=N–C) groups is 1. The lowest BCUT2D eigenvalue weighted by Gasteiger charge is -2.28. The largest absolute Gasteiger partial charge is 0.495 e. The third kappa shape index (κ3) is 3.65. The van der Waals surface area contributed by atoms with Gasteiger partial charge in [-0.1, -0.05) is 42.1 Å². The number of fused-ring (bicyclic) bond motifs is 1. The lowest BCUT2D eigenvalue weighted by molar-refractivity contribution is 0.415. The molecule has 2 atom stereocenters. The topological polar surface area (TPSA) is 59.0 Å².